The Hall–Kier alpha value is -1.22. The number of sulfonamides is 1. The summed E-state index contributed by atoms with van der Waals surface area (Å²) in [5.74, 6) is 0.856. The first-order chi connectivity index (χ1) is 9.53. The van der Waals surface area contributed by atoms with Gasteiger partial charge in [0.15, 0.2) is 0 Å². The lowest BCUT2D eigenvalue weighted by Gasteiger charge is -2.05. The molecule has 0 aliphatic carbocycles. The van der Waals surface area contributed by atoms with Crippen molar-refractivity contribution in [2.75, 3.05) is 13.6 Å². The second-order valence-electron chi connectivity index (χ2n) is 4.35. The third-order valence-electron chi connectivity index (χ3n) is 2.81. The van der Waals surface area contributed by atoms with Crippen molar-refractivity contribution >= 4 is 21.4 Å². The van der Waals surface area contributed by atoms with Crippen LogP contribution in [0.3, 0.4) is 0 Å². The molecule has 0 radical (unpaired) electrons. The second kappa shape index (κ2) is 6.49. The van der Waals surface area contributed by atoms with Gasteiger partial charge in [0, 0.05) is 43.8 Å². The van der Waals surface area contributed by atoms with Crippen LogP contribution in [0.15, 0.2) is 28.7 Å². The van der Waals surface area contributed by atoms with E-state index in [1.54, 1.807) is 12.3 Å². The van der Waals surface area contributed by atoms with Gasteiger partial charge in [0.25, 0.3) is 0 Å². The summed E-state index contributed by atoms with van der Waals surface area (Å²) in [6, 6.07) is 3.47. The fraction of sp³-hybridized carbons (Fsp3) is 0.417. The normalized spacial score (nSPS) is 11.9. The highest BCUT2D eigenvalue weighted by molar-refractivity contribution is 7.91. The molecule has 8 heteroatoms. The number of hydrogen-bond acceptors (Lipinski definition) is 5. The second-order valence-corrected chi connectivity index (χ2v) is 7.52. The summed E-state index contributed by atoms with van der Waals surface area (Å²) in [7, 11) is 0.301. The Bertz CT molecular complexity index is 661. The number of thiophene rings is 1. The molecule has 0 aliphatic heterocycles. The van der Waals surface area contributed by atoms with Crippen molar-refractivity contribution in [3.8, 4) is 0 Å². The molecule has 0 fully saturated rings. The molecule has 20 heavy (non-hydrogen) atoms. The van der Waals surface area contributed by atoms with Gasteiger partial charge in [-0.05, 0) is 19.2 Å². The molecule has 0 saturated carbocycles. The minimum Gasteiger partial charge on any atom is -0.338 e. The Morgan fingerprint density at radius 3 is 2.85 bits per heavy atom. The lowest BCUT2D eigenvalue weighted by molar-refractivity contribution is 0.582. The molecule has 2 rings (SSSR count). The quantitative estimate of drug-likeness (QED) is 0.790. The summed E-state index contributed by atoms with van der Waals surface area (Å²) >= 11 is 1.28. The minimum atomic E-state index is -3.42. The van der Waals surface area contributed by atoms with Crippen molar-refractivity contribution in [3.05, 3.63) is 35.2 Å². The summed E-state index contributed by atoms with van der Waals surface area (Å²) in [6.07, 6.45) is 4.11. The Morgan fingerprint density at radius 1 is 1.40 bits per heavy atom. The molecule has 0 spiro atoms. The SMILES string of the molecule is CNCc1ccc(S(=O)(=O)NCCc2nccn2C)s1. The van der Waals surface area contributed by atoms with E-state index in [0.29, 0.717) is 23.7 Å². The highest BCUT2D eigenvalue weighted by atomic mass is 32.2. The molecule has 2 aromatic rings. The summed E-state index contributed by atoms with van der Waals surface area (Å²) in [4.78, 5) is 5.16. The van der Waals surface area contributed by atoms with Crippen LogP contribution in [0.2, 0.25) is 0 Å². The summed E-state index contributed by atoms with van der Waals surface area (Å²) in [6.45, 7) is 1.01. The monoisotopic (exact) mass is 314 g/mol. The first-order valence-electron chi connectivity index (χ1n) is 6.22. The van der Waals surface area contributed by atoms with Crippen LogP contribution in [0.5, 0.6) is 0 Å². The average Bonchev–Trinajstić information content (AvgIpc) is 3.00. The Balaban J connectivity index is 1.95. The molecule has 0 aromatic carbocycles. The van der Waals surface area contributed by atoms with Gasteiger partial charge in [-0.3, -0.25) is 0 Å². The van der Waals surface area contributed by atoms with Crippen molar-refractivity contribution in [3.63, 3.8) is 0 Å². The van der Waals surface area contributed by atoms with Gasteiger partial charge in [-0.1, -0.05) is 0 Å². The molecule has 110 valence electrons. The standard InChI is InChI=1S/C12H18N4O2S2/c1-13-9-10-3-4-12(19-10)20(17,18)15-6-5-11-14-7-8-16(11)2/h3-4,7-8,13,15H,5-6,9H2,1-2H3. The maximum absolute atomic E-state index is 12.1. The van der Waals surface area contributed by atoms with E-state index in [0.717, 1.165) is 10.7 Å². The molecular weight excluding hydrogens is 296 g/mol. The summed E-state index contributed by atoms with van der Waals surface area (Å²) in [5, 5.41) is 3.00. The van der Waals surface area contributed by atoms with Gasteiger partial charge >= 0.3 is 0 Å². The molecule has 2 aromatic heterocycles. The van der Waals surface area contributed by atoms with Gasteiger partial charge in [0.2, 0.25) is 10.0 Å². The fourth-order valence-electron chi connectivity index (χ4n) is 1.78. The van der Waals surface area contributed by atoms with E-state index in [9.17, 15) is 8.42 Å². The number of aromatic nitrogens is 2. The third-order valence-corrected chi connectivity index (χ3v) is 5.85. The van der Waals surface area contributed by atoms with E-state index >= 15 is 0 Å². The van der Waals surface area contributed by atoms with Crippen LogP contribution in [0.4, 0.5) is 0 Å². The molecular formula is C12H18N4O2S2. The van der Waals surface area contributed by atoms with Crippen LogP contribution in [-0.4, -0.2) is 31.6 Å². The van der Waals surface area contributed by atoms with Crippen molar-refractivity contribution < 1.29 is 8.42 Å². The molecule has 2 heterocycles. The zero-order valence-corrected chi connectivity index (χ0v) is 13.1. The number of rotatable bonds is 7. The maximum Gasteiger partial charge on any atom is 0.250 e. The van der Waals surface area contributed by atoms with E-state index < -0.39 is 10.0 Å². The molecule has 0 unspecified atom stereocenters. The number of hydrogen-bond donors (Lipinski definition) is 2. The number of nitrogens with one attached hydrogen (secondary N) is 2. The van der Waals surface area contributed by atoms with E-state index in [1.807, 2.05) is 30.9 Å². The van der Waals surface area contributed by atoms with Crippen LogP contribution in [-0.2, 0) is 30.0 Å². The fourth-order valence-corrected chi connectivity index (χ4v) is 4.22. The highest BCUT2D eigenvalue weighted by Gasteiger charge is 2.16. The molecule has 0 amide bonds. The van der Waals surface area contributed by atoms with Gasteiger partial charge in [-0.15, -0.1) is 11.3 Å². The largest absolute Gasteiger partial charge is 0.338 e. The van der Waals surface area contributed by atoms with Crippen LogP contribution in [0.25, 0.3) is 0 Å². The lowest BCUT2D eigenvalue weighted by atomic mass is 10.4. The Labute approximate surface area is 122 Å². The van der Waals surface area contributed by atoms with Crippen molar-refractivity contribution in [2.24, 2.45) is 7.05 Å². The molecule has 2 N–H and O–H groups in total. The first kappa shape index (κ1) is 15.2. The zero-order chi connectivity index (χ0) is 14.6. The van der Waals surface area contributed by atoms with Gasteiger partial charge in [-0.2, -0.15) is 0 Å². The number of nitrogens with zero attached hydrogens (tertiary/aromatic N) is 2. The van der Waals surface area contributed by atoms with Crippen LogP contribution < -0.4 is 10.0 Å². The molecule has 0 saturated heterocycles. The summed E-state index contributed by atoms with van der Waals surface area (Å²) < 4.78 is 29.1. The molecule has 0 aliphatic rings. The Kier molecular flexibility index (Phi) is 4.92. The third kappa shape index (κ3) is 3.66. The van der Waals surface area contributed by atoms with E-state index in [1.165, 1.54) is 11.3 Å². The van der Waals surface area contributed by atoms with Crippen LogP contribution in [0, 0.1) is 0 Å². The van der Waals surface area contributed by atoms with Gasteiger partial charge in [-0.25, -0.2) is 18.1 Å². The van der Waals surface area contributed by atoms with E-state index in [4.69, 9.17) is 0 Å². The van der Waals surface area contributed by atoms with Gasteiger partial charge < -0.3 is 9.88 Å². The predicted molar refractivity (Wildman–Crippen MR) is 79.2 cm³/mol. The number of imidazole rings is 1. The average molecular weight is 314 g/mol. The Morgan fingerprint density at radius 2 is 2.20 bits per heavy atom. The van der Waals surface area contributed by atoms with Crippen LogP contribution in [0.1, 0.15) is 10.7 Å². The summed E-state index contributed by atoms with van der Waals surface area (Å²) in [5.41, 5.74) is 0. The smallest absolute Gasteiger partial charge is 0.250 e. The van der Waals surface area contributed by atoms with Gasteiger partial charge in [0.05, 0.1) is 0 Å². The topological polar surface area (TPSA) is 76.0 Å². The zero-order valence-electron chi connectivity index (χ0n) is 11.5. The molecule has 6 nitrogen and oxygen atoms in total. The van der Waals surface area contributed by atoms with Crippen molar-refractivity contribution in [1.29, 1.82) is 0 Å². The predicted octanol–water partition coefficient (Wildman–Crippen LogP) is 0.722. The van der Waals surface area contributed by atoms with E-state index in [2.05, 4.69) is 15.0 Å². The lowest BCUT2D eigenvalue weighted by Crippen LogP contribution is -2.26. The first-order valence-corrected chi connectivity index (χ1v) is 8.52. The van der Waals surface area contributed by atoms with Gasteiger partial charge in [0.1, 0.15) is 10.0 Å². The highest BCUT2D eigenvalue weighted by Crippen LogP contribution is 2.21. The van der Waals surface area contributed by atoms with Crippen molar-refractivity contribution in [1.82, 2.24) is 19.6 Å². The van der Waals surface area contributed by atoms with E-state index in [-0.39, 0.29) is 0 Å². The van der Waals surface area contributed by atoms with Crippen LogP contribution >= 0.6 is 11.3 Å². The maximum atomic E-state index is 12.1. The molecule has 0 bridgehead atoms. The number of aryl methyl sites for hydroxylation is 1. The molecule has 0 atom stereocenters. The van der Waals surface area contributed by atoms with Crippen molar-refractivity contribution in [2.45, 2.75) is 17.2 Å². The minimum absolute atomic E-state index is 0.340.